The average molecular weight is 374 g/mol. The Balaban J connectivity index is 1.68. The van der Waals surface area contributed by atoms with Crippen LogP contribution in [0.4, 0.5) is 5.69 Å². The van der Waals surface area contributed by atoms with Gasteiger partial charge in [-0.3, -0.25) is 9.59 Å². The van der Waals surface area contributed by atoms with Gasteiger partial charge >= 0.3 is 0 Å². The molecule has 1 fully saturated rings. The normalized spacial score (nSPS) is 19.4. The Morgan fingerprint density at radius 1 is 1.15 bits per heavy atom. The summed E-state index contributed by atoms with van der Waals surface area (Å²) in [5.74, 6) is -0.589. The van der Waals surface area contributed by atoms with Crippen molar-refractivity contribution < 1.29 is 14.7 Å². The number of hydrogen-bond donors (Lipinski definition) is 3. The summed E-state index contributed by atoms with van der Waals surface area (Å²) in [6.07, 6.45) is -0.508. The van der Waals surface area contributed by atoms with Crippen LogP contribution < -0.4 is 11.1 Å². The minimum atomic E-state index is -0.723. The van der Waals surface area contributed by atoms with Gasteiger partial charge in [-0.25, -0.2) is 0 Å². The third kappa shape index (κ3) is 4.15. The molecule has 2 atom stereocenters. The molecule has 7 heteroatoms. The van der Waals surface area contributed by atoms with Crippen molar-refractivity contribution in [2.24, 2.45) is 0 Å². The summed E-state index contributed by atoms with van der Waals surface area (Å²) >= 11 is 5.85. The Morgan fingerprint density at radius 2 is 1.81 bits per heavy atom. The van der Waals surface area contributed by atoms with Gasteiger partial charge in [0.2, 0.25) is 5.91 Å². The first-order valence-corrected chi connectivity index (χ1v) is 8.68. The first-order valence-electron chi connectivity index (χ1n) is 8.31. The maximum atomic E-state index is 12.7. The number of likely N-dealkylation sites (tertiary alicyclic amines) is 1. The van der Waals surface area contributed by atoms with Gasteiger partial charge in [-0.05, 0) is 42.0 Å². The number of rotatable bonds is 4. The molecule has 1 aliphatic rings. The van der Waals surface area contributed by atoms with E-state index in [1.165, 1.54) is 4.90 Å². The van der Waals surface area contributed by atoms with Crippen molar-refractivity contribution in [1.29, 1.82) is 0 Å². The van der Waals surface area contributed by atoms with E-state index < -0.39 is 12.1 Å². The molecule has 0 saturated carbocycles. The lowest BCUT2D eigenvalue weighted by Crippen LogP contribution is -2.45. The number of nitrogens with two attached hydrogens (primary N) is 1. The number of nitrogens with one attached hydrogen (secondary N) is 1. The first-order chi connectivity index (χ1) is 12.4. The number of carbonyl (C=O) groups excluding carboxylic acids is 2. The summed E-state index contributed by atoms with van der Waals surface area (Å²) in [5.41, 5.74) is 7.54. The highest BCUT2D eigenvalue weighted by molar-refractivity contribution is 6.30. The Bertz CT molecular complexity index is 793. The summed E-state index contributed by atoms with van der Waals surface area (Å²) in [6, 6.07) is 12.9. The molecule has 136 valence electrons. The number of benzene rings is 2. The number of nitrogens with zero attached hydrogens (tertiary/aromatic N) is 1. The minimum Gasteiger partial charge on any atom is -0.399 e. The van der Waals surface area contributed by atoms with Crippen LogP contribution in [0.15, 0.2) is 48.5 Å². The Kier molecular flexibility index (Phi) is 5.44. The summed E-state index contributed by atoms with van der Waals surface area (Å²) in [6.45, 7) is 0.453. The van der Waals surface area contributed by atoms with Crippen LogP contribution >= 0.6 is 11.6 Å². The van der Waals surface area contributed by atoms with Gasteiger partial charge in [-0.2, -0.15) is 0 Å². The highest BCUT2D eigenvalue weighted by atomic mass is 35.5. The predicted molar refractivity (Wildman–Crippen MR) is 99.6 cm³/mol. The largest absolute Gasteiger partial charge is 0.399 e. The van der Waals surface area contributed by atoms with Crippen LogP contribution in [-0.2, 0) is 11.3 Å². The van der Waals surface area contributed by atoms with Crippen molar-refractivity contribution in [3.8, 4) is 0 Å². The number of aliphatic hydroxyl groups is 1. The molecule has 0 spiro atoms. The standard InChI is InChI=1S/C19H20ClN3O3/c20-14-5-1-12(2-6-14)10-22-18(25)17-9-16(24)11-23(17)19(26)13-3-7-15(21)8-4-13/h1-8,16-17,24H,9-11,21H2,(H,22,25)/t16-,17+/m1/s1. The van der Waals surface area contributed by atoms with Gasteiger partial charge in [0.1, 0.15) is 6.04 Å². The maximum Gasteiger partial charge on any atom is 0.254 e. The van der Waals surface area contributed by atoms with E-state index in [0.29, 0.717) is 22.8 Å². The smallest absolute Gasteiger partial charge is 0.254 e. The molecule has 26 heavy (non-hydrogen) atoms. The molecule has 1 aliphatic heterocycles. The van der Waals surface area contributed by atoms with E-state index in [-0.39, 0.29) is 24.8 Å². The topological polar surface area (TPSA) is 95.7 Å². The van der Waals surface area contributed by atoms with E-state index in [4.69, 9.17) is 17.3 Å². The monoisotopic (exact) mass is 373 g/mol. The second-order valence-corrected chi connectivity index (χ2v) is 6.77. The zero-order valence-corrected chi connectivity index (χ0v) is 14.8. The zero-order chi connectivity index (χ0) is 18.7. The number of halogens is 1. The molecule has 1 heterocycles. The molecular weight excluding hydrogens is 354 g/mol. The van der Waals surface area contributed by atoms with Crippen molar-refractivity contribution in [2.75, 3.05) is 12.3 Å². The molecule has 2 aromatic carbocycles. The van der Waals surface area contributed by atoms with E-state index in [1.54, 1.807) is 36.4 Å². The van der Waals surface area contributed by atoms with Crippen molar-refractivity contribution in [3.63, 3.8) is 0 Å². The number of β-amino-alcohol motifs (C(OH)–C–C–N with tert-alkyl or cyclic N) is 1. The van der Waals surface area contributed by atoms with Crippen molar-refractivity contribution in [3.05, 3.63) is 64.7 Å². The number of carbonyl (C=O) groups is 2. The summed E-state index contributed by atoms with van der Waals surface area (Å²) < 4.78 is 0. The fourth-order valence-electron chi connectivity index (χ4n) is 2.99. The van der Waals surface area contributed by atoms with Crippen molar-refractivity contribution in [2.45, 2.75) is 25.1 Å². The molecule has 1 saturated heterocycles. The van der Waals surface area contributed by atoms with Crippen molar-refractivity contribution in [1.82, 2.24) is 10.2 Å². The number of amides is 2. The molecule has 3 rings (SSSR count). The average Bonchev–Trinajstić information content (AvgIpc) is 3.03. The third-order valence-corrected chi connectivity index (χ3v) is 4.63. The second-order valence-electron chi connectivity index (χ2n) is 6.33. The van der Waals surface area contributed by atoms with Crippen LogP contribution in [0.1, 0.15) is 22.3 Å². The number of hydrogen-bond acceptors (Lipinski definition) is 4. The number of anilines is 1. The van der Waals surface area contributed by atoms with Crippen LogP contribution in [0.5, 0.6) is 0 Å². The SMILES string of the molecule is Nc1ccc(C(=O)N2C[C@H](O)C[C@H]2C(=O)NCc2ccc(Cl)cc2)cc1. The lowest BCUT2D eigenvalue weighted by Gasteiger charge is -2.24. The van der Waals surface area contributed by atoms with Crippen LogP contribution in [0.2, 0.25) is 5.02 Å². The van der Waals surface area contributed by atoms with Gasteiger partial charge in [0.25, 0.3) is 5.91 Å². The lowest BCUT2D eigenvalue weighted by atomic mass is 10.1. The Labute approximate surface area is 156 Å². The van der Waals surface area contributed by atoms with Crippen LogP contribution in [-0.4, -0.2) is 40.5 Å². The number of aliphatic hydroxyl groups excluding tert-OH is 1. The summed E-state index contributed by atoms with van der Waals surface area (Å²) in [7, 11) is 0. The molecule has 0 aromatic heterocycles. The van der Waals surface area contributed by atoms with Gasteiger partial charge in [-0.15, -0.1) is 0 Å². The third-order valence-electron chi connectivity index (χ3n) is 4.38. The van der Waals surface area contributed by atoms with Crippen molar-refractivity contribution >= 4 is 29.1 Å². The van der Waals surface area contributed by atoms with E-state index in [0.717, 1.165) is 5.56 Å². The van der Waals surface area contributed by atoms with Gasteiger partial charge in [0.15, 0.2) is 0 Å². The fraction of sp³-hybridized carbons (Fsp3) is 0.263. The Hall–Kier alpha value is -2.57. The van der Waals surface area contributed by atoms with Crippen LogP contribution in [0.3, 0.4) is 0 Å². The molecule has 0 radical (unpaired) electrons. The van der Waals surface area contributed by atoms with Gasteiger partial charge in [0.05, 0.1) is 6.10 Å². The molecule has 0 unspecified atom stereocenters. The van der Waals surface area contributed by atoms with Gasteiger partial charge in [-0.1, -0.05) is 23.7 Å². The quantitative estimate of drug-likeness (QED) is 0.712. The molecule has 0 bridgehead atoms. The maximum absolute atomic E-state index is 12.7. The highest BCUT2D eigenvalue weighted by Gasteiger charge is 2.39. The lowest BCUT2D eigenvalue weighted by molar-refractivity contribution is -0.125. The summed E-state index contributed by atoms with van der Waals surface area (Å²) in [4.78, 5) is 26.7. The molecule has 6 nitrogen and oxygen atoms in total. The van der Waals surface area contributed by atoms with Gasteiger partial charge in [0, 0.05) is 35.8 Å². The molecule has 4 N–H and O–H groups in total. The minimum absolute atomic E-state index is 0.127. The Morgan fingerprint density at radius 3 is 2.46 bits per heavy atom. The predicted octanol–water partition coefficient (Wildman–Crippen LogP) is 1.81. The zero-order valence-electron chi connectivity index (χ0n) is 14.1. The molecule has 0 aliphatic carbocycles. The fourth-order valence-corrected chi connectivity index (χ4v) is 3.11. The number of nitrogen functional groups attached to an aromatic ring is 1. The molecule has 2 amide bonds. The second kappa shape index (κ2) is 7.76. The van der Waals surface area contributed by atoms with Gasteiger partial charge < -0.3 is 21.1 Å². The van der Waals surface area contributed by atoms with E-state index in [9.17, 15) is 14.7 Å². The highest BCUT2D eigenvalue weighted by Crippen LogP contribution is 2.21. The molecule has 2 aromatic rings. The summed E-state index contributed by atoms with van der Waals surface area (Å²) in [5, 5.41) is 13.4. The molecular formula is C19H20ClN3O3. The van der Waals surface area contributed by atoms with E-state index in [1.807, 2.05) is 12.1 Å². The first kappa shape index (κ1) is 18.2. The van der Waals surface area contributed by atoms with E-state index in [2.05, 4.69) is 5.32 Å². The van der Waals surface area contributed by atoms with Crippen LogP contribution in [0.25, 0.3) is 0 Å². The van der Waals surface area contributed by atoms with Crippen LogP contribution in [0, 0.1) is 0 Å². The van der Waals surface area contributed by atoms with E-state index >= 15 is 0 Å².